The van der Waals surface area contributed by atoms with Crippen LogP contribution in [0.3, 0.4) is 0 Å². The Morgan fingerprint density at radius 2 is 2.11 bits per heavy atom. The molecule has 0 aliphatic carbocycles. The van der Waals surface area contributed by atoms with Crippen molar-refractivity contribution in [2.45, 2.75) is 25.6 Å². The van der Waals surface area contributed by atoms with Gasteiger partial charge in [0.15, 0.2) is 0 Å². The summed E-state index contributed by atoms with van der Waals surface area (Å²) in [5.74, 6) is 0. The predicted molar refractivity (Wildman–Crippen MR) is 50.9 cm³/mol. The monoisotopic (exact) mass is 206 g/mol. The fraction of sp³-hybridized carbons (Fsp3) is 0.714. The van der Waals surface area contributed by atoms with Gasteiger partial charge in [-0.15, -0.1) is 12.3 Å². The summed E-state index contributed by atoms with van der Waals surface area (Å²) in [6.45, 7) is 8.53. The van der Waals surface area contributed by atoms with Crippen LogP contribution in [0.4, 0.5) is 0 Å². The molecule has 0 rings (SSSR count). The Labute approximate surface area is 67.5 Å². The van der Waals surface area contributed by atoms with Crippen LogP contribution in [-0.2, 0) is 0 Å². The standard InChI is InChI=1S/C7H15BrSi/c1-4-9(2,3)7-5-6-8/h4H,1,5-7H2,2-3H3. The van der Waals surface area contributed by atoms with Crippen molar-refractivity contribution in [3.63, 3.8) is 0 Å². The molecule has 0 aliphatic rings. The molecule has 2 heteroatoms. The summed E-state index contributed by atoms with van der Waals surface area (Å²) >= 11 is 3.42. The Morgan fingerprint density at radius 1 is 1.56 bits per heavy atom. The van der Waals surface area contributed by atoms with Crippen LogP contribution in [0.5, 0.6) is 0 Å². The third kappa shape index (κ3) is 4.91. The Kier molecular flexibility index (Phi) is 4.49. The molecular formula is C7H15BrSi. The minimum absolute atomic E-state index is 0.964. The highest BCUT2D eigenvalue weighted by Crippen LogP contribution is 2.13. The third-order valence-corrected chi connectivity index (χ3v) is 4.82. The molecule has 0 spiro atoms. The highest BCUT2D eigenvalue weighted by molar-refractivity contribution is 9.09. The molecule has 9 heavy (non-hydrogen) atoms. The van der Waals surface area contributed by atoms with Crippen molar-refractivity contribution >= 4 is 24.0 Å². The van der Waals surface area contributed by atoms with Gasteiger partial charge in [0.1, 0.15) is 0 Å². The maximum absolute atomic E-state index is 3.83. The van der Waals surface area contributed by atoms with E-state index in [9.17, 15) is 0 Å². The van der Waals surface area contributed by atoms with Crippen molar-refractivity contribution in [2.24, 2.45) is 0 Å². The number of hydrogen-bond acceptors (Lipinski definition) is 0. The normalized spacial score (nSPS) is 11.4. The third-order valence-electron chi connectivity index (χ3n) is 1.51. The molecule has 0 aromatic rings. The van der Waals surface area contributed by atoms with Crippen LogP contribution in [0.2, 0.25) is 19.1 Å². The van der Waals surface area contributed by atoms with Gasteiger partial charge in [-0.25, -0.2) is 0 Å². The average Bonchev–Trinajstić information content (AvgIpc) is 1.84. The Balaban J connectivity index is 3.45. The number of hydrogen-bond donors (Lipinski definition) is 0. The molecule has 0 nitrogen and oxygen atoms in total. The van der Waals surface area contributed by atoms with Gasteiger partial charge >= 0.3 is 0 Å². The summed E-state index contributed by atoms with van der Waals surface area (Å²) in [5.41, 5.74) is 2.16. The van der Waals surface area contributed by atoms with E-state index in [0.717, 1.165) is 5.33 Å². The molecule has 0 aromatic carbocycles. The number of alkyl halides is 1. The first-order chi connectivity index (χ1) is 4.12. The molecular weight excluding hydrogens is 192 g/mol. The molecule has 0 N–H and O–H groups in total. The first-order valence-corrected chi connectivity index (χ1v) is 7.72. The topological polar surface area (TPSA) is 0 Å². The van der Waals surface area contributed by atoms with E-state index in [1.807, 2.05) is 0 Å². The van der Waals surface area contributed by atoms with E-state index in [1.165, 1.54) is 12.5 Å². The zero-order valence-corrected chi connectivity index (χ0v) is 8.87. The van der Waals surface area contributed by atoms with Gasteiger partial charge in [0, 0.05) is 5.33 Å². The van der Waals surface area contributed by atoms with Crippen LogP contribution in [-0.4, -0.2) is 13.4 Å². The van der Waals surface area contributed by atoms with Crippen molar-refractivity contribution in [1.29, 1.82) is 0 Å². The van der Waals surface area contributed by atoms with Crippen LogP contribution < -0.4 is 0 Å². The smallest absolute Gasteiger partial charge is 0.0710 e. The second-order valence-corrected chi connectivity index (χ2v) is 8.66. The van der Waals surface area contributed by atoms with Gasteiger partial charge in [-0.05, 0) is 6.42 Å². The average molecular weight is 207 g/mol. The van der Waals surface area contributed by atoms with Crippen LogP contribution in [0, 0.1) is 0 Å². The first kappa shape index (κ1) is 9.44. The lowest BCUT2D eigenvalue weighted by Crippen LogP contribution is -2.21. The van der Waals surface area contributed by atoms with Crippen molar-refractivity contribution in [3.05, 3.63) is 12.3 Å². The van der Waals surface area contributed by atoms with Gasteiger partial charge in [0.25, 0.3) is 0 Å². The zero-order valence-electron chi connectivity index (χ0n) is 6.28. The molecule has 0 heterocycles. The molecule has 0 unspecified atom stereocenters. The Morgan fingerprint density at radius 3 is 2.44 bits per heavy atom. The lowest BCUT2D eigenvalue weighted by molar-refractivity contribution is 1.08. The van der Waals surface area contributed by atoms with Crippen molar-refractivity contribution < 1.29 is 0 Å². The molecule has 0 amide bonds. The summed E-state index contributed by atoms with van der Waals surface area (Å²) in [6, 6.07) is 1.36. The molecule has 0 atom stereocenters. The highest BCUT2D eigenvalue weighted by Gasteiger charge is 2.13. The zero-order chi connectivity index (χ0) is 7.33. The minimum atomic E-state index is -0.964. The highest BCUT2D eigenvalue weighted by atomic mass is 79.9. The van der Waals surface area contributed by atoms with E-state index in [0.29, 0.717) is 0 Å². The molecule has 54 valence electrons. The lowest BCUT2D eigenvalue weighted by atomic mass is 10.6. The summed E-state index contributed by atoms with van der Waals surface area (Å²) in [6.07, 6.45) is 1.30. The molecule has 0 radical (unpaired) electrons. The predicted octanol–water partition coefficient (Wildman–Crippen LogP) is 3.21. The van der Waals surface area contributed by atoms with Gasteiger partial charge < -0.3 is 0 Å². The molecule has 0 saturated carbocycles. The van der Waals surface area contributed by atoms with E-state index < -0.39 is 8.07 Å². The molecule has 0 fully saturated rings. The summed E-state index contributed by atoms with van der Waals surface area (Å²) in [4.78, 5) is 0. The van der Waals surface area contributed by atoms with Gasteiger partial charge in [-0.3, -0.25) is 0 Å². The summed E-state index contributed by atoms with van der Waals surface area (Å²) in [5, 5.41) is 1.14. The maximum atomic E-state index is 3.83. The van der Waals surface area contributed by atoms with Crippen LogP contribution >= 0.6 is 15.9 Å². The van der Waals surface area contributed by atoms with Gasteiger partial charge in [-0.2, -0.15) is 0 Å². The van der Waals surface area contributed by atoms with Gasteiger partial charge in [-0.1, -0.05) is 35.1 Å². The lowest BCUT2D eigenvalue weighted by Gasteiger charge is -2.15. The van der Waals surface area contributed by atoms with E-state index in [2.05, 4.69) is 41.3 Å². The number of halogens is 1. The first-order valence-electron chi connectivity index (χ1n) is 3.32. The van der Waals surface area contributed by atoms with Crippen molar-refractivity contribution in [2.75, 3.05) is 5.33 Å². The van der Waals surface area contributed by atoms with Crippen LogP contribution in [0.25, 0.3) is 0 Å². The largest absolute Gasteiger partial charge is 0.107 e. The van der Waals surface area contributed by atoms with E-state index >= 15 is 0 Å². The van der Waals surface area contributed by atoms with Gasteiger partial charge in [0.05, 0.1) is 8.07 Å². The fourth-order valence-corrected chi connectivity index (χ4v) is 2.71. The van der Waals surface area contributed by atoms with E-state index in [-0.39, 0.29) is 0 Å². The summed E-state index contributed by atoms with van der Waals surface area (Å²) in [7, 11) is -0.964. The molecule has 0 aliphatic heterocycles. The van der Waals surface area contributed by atoms with Crippen LogP contribution in [0.1, 0.15) is 6.42 Å². The van der Waals surface area contributed by atoms with E-state index in [1.54, 1.807) is 0 Å². The molecule has 0 bridgehead atoms. The van der Waals surface area contributed by atoms with Crippen molar-refractivity contribution in [3.8, 4) is 0 Å². The molecule has 0 saturated heterocycles. The van der Waals surface area contributed by atoms with E-state index in [4.69, 9.17) is 0 Å². The molecule has 0 aromatic heterocycles. The summed E-state index contributed by atoms with van der Waals surface area (Å²) < 4.78 is 0. The maximum Gasteiger partial charge on any atom is 0.0710 e. The second-order valence-electron chi connectivity index (χ2n) is 2.99. The quantitative estimate of drug-likeness (QED) is 0.490. The SMILES string of the molecule is C=C[Si](C)(C)CCCBr. The fourth-order valence-electron chi connectivity index (χ4n) is 0.624. The Bertz CT molecular complexity index is 88.9. The minimum Gasteiger partial charge on any atom is -0.107 e. The number of rotatable bonds is 4. The Hall–Kier alpha value is 0.437. The van der Waals surface area contributed by atoms with Crippen LogP contribution in [0.15, 0.2) is 12.3 Å². The van der Waals surface area contributed by atoms with Gasteiger partial charge in [0.2, 0.25) is 0 Å². The second kappa shape index (κ2) is 4.28. The van der Waals surface area contributed by atoms with Crippen molar-refractivity contribution in [1.82, 2.24) is 0 Å².